The van der Waals surface area contributed by atoms with Gasteiger partial charge in [-0.2, -0.15) is 0 Å². The zero-order valence-corrected chi connectivity index (χ0v) is 17.8. The number of furan rings is 1. The van der Waals surface area contributed by atoms with E-state index in [4.69, 9.17) is 26.1 Å². The van der Waals surface area contributed by atoms with Gasteiger partial charge in [-0.25, -0.2) is 0 Å². The van der Waals surface area contributed by atoms with Crippen LogP contribution >= 0.6 is 12.2 Å². The van der Waals surface area contributed by atoms with Crippen molar-refractivity contribution < 1.29 is 13.9 Å². The molecule has 0 unspecified atom stereocenters. The lowest BCUT2D eigenvalue weighted by atomic mass is 10.0. The van der Waals surface area contributed by atoms with E-state index >= 15 is 0 Å². The van der Waals surface area contributed by atoms with Crippen LogP contribution in [-0.4, -0.2) is 16.9 Å². The van der Waals surface area contributed by atoms with E-state index in [-0.39, 0.29) is 18.9 Å². The Morgan fingerprint density at radius 3 is 2.59 bits per heavy atom. The highest BCUT2D eigenvalue weighted by Crippen LogP contribution is 2.45. The number of ether oxygens (including phenoxy) is 2. The Labute approximate surface area is 190 Å². The fourth-order valence-corrected chi connectivity index (χ4v) is 4.57. The van der Waals surface area contributed by atoms with Gasteiger partial charge in [0.15, 0.2) is 16.6 Å². The molecule has 2 aliphatic rings. The first-order valence-corrected chi connectivity index (χ1v) is 10.7. The SMILES string of the molecule is S=C1N[C@@H](c2ccccn2)[C@H](c2ccc(-c3ccccc3)o2)N1c1ccc2c(c1)OCO2. The van der Waals surface area contributed by atoms with Crippen LogP contribution in [0.2, 0.25) is 0 Å². The van der Waals surface area contributed by atoms with Crippen molar-refractivity contribution in [2.75, 3.05) is 11.7 Å². The molecule has 0 saturated carbocycles. The molecular weight excluding hydrogens is 422 g/mol. The highest BCUT2D eigenvalue weighted by atomic mass is 32.1. The first-order chi connectivity index (χ1) is 15.8. The second kappa shape index (κ2) is 7.69. The molecule has 1 fully saturated rings. The zero-order chi connectivity index (χ0) is 21.5. The van der Waals surface area contributed by atoms with Gasteiger partial charge in [-0.1, -0.05) is 36.4 Å². The van der Waals surface area contributed by atoms with Gasteiger partial charge in [0.25, 0.3) is 0 Å². The summed E-state index contributed by atoms with van der Waals surface area (Å²) in [6, 6.07) is 25.4. The van der Waals surface area contributed by atoms with Gasteiger partial charge in [-0.15, -0.1) is 0 Å². The zero-order valence-electron chi connectivity index (χ0n) is 17.0. The summed E-state index contributed by atoms with van der Waals surface area (Å²) in [5, 5.41) is 4.05. The van der Waals surface area contributed by atoms with Crippen molar-refractivity contribution in [1.29, 1.82) is 0 Å². The van der Waals surface area contributed by atoms with E-state index in [0.29, 0.717) is 10.9 Å². The summed E-state index contributed by atoms with van der Waals surface area (Å²) in [5.74, 6) is 3.04. The van der Waals surface area contributed by atoms with E-state index in [0.717, 1.165) is 34.2 Å². The first kappa shape index (κ1) is 18.9. The number of hydrogen-bond acceptors (Lipinski definition) is 5. The van der Waals surface area contributed by atoms with Crippen molar-refractivity contribution in [3.63, 3.8) is 0 Å². The fourth-order valence-electron chi connectivity index (χ4n) is 4.23. The Hall–Kier alpha value is -3.84. The van der Waals surface area contributed by atoms with Gasteiger partial charge in [0.05, 0.1) is 11.7 Å². The van der Waals surface area contributed by atoms with Crippen molar-refractivity contribution >= 4 is 23.0 Å². The number of rotatable bonds is 4. The van der Waals surface area contributed by atoms with Crippen LogP contribution in [0.1, 0.15) is 23.5 Å². The maximum atomic E-state index is 6.37. The summed E-state index contributed by atoms with van der Waals surface area (Å²) in [5.41, 5.74) is 2.81. The van der Waals surface area contributed by atoms with Gasteiger partial charge in [0.1, 0.15) is 17.6 Å². The molecule has 2 aliphatic heterocycles. The predicted molar refractivity (Wildman–Crippen MR) is 125 cm³/mol. The number of pyridine rings is 1. The van der Waals surface area contributed by atoms with Crippen LogP contribution in [0, 0.1) is 0 Å². The van der Waals surface area contributed by atoms with Crippen molar-refractivity contribution in [2.45, 2.75) is 12.1 Å². The molecule has 32 heavy (non-hydrogen) atoms. The monoisotopic (exact) mass is 441 g/mol. The molecule has 1 saturated heterocycles. The molecule has 0 amide bonds. The third kappa shape index (κ3) is 3.18. The van der Waals surface area contributed by atoms with Crippen molar-refractivity contribution in [1.82, 2.24) is 10.3 Å². The standard InChI is InChI=1S/C25H19N3O3S/c32-25-27-23(18-8-4-5-13-26-18)24(21-12-11-19(31-21)16-6-2-1-3-7-16)28(25)17-9-10-20-22(14-17)30-15-29-20/h1-14,23-24H,15H2,(H,27,32)/t23-,24-/m0/s1. The lowest BCUT2D eigenvalue weighted by Crippen LogP contribution is -2.29. The van der Waals surface area contributed by atoms with Gasteiger partial charge < -0.3 is 24.1 Å². The number of hydrogen-bond donors (Lipinski definition) is 1. The molecule has 6 rings (SSSR count). The lowest BCUT2D eigenvalue weighted by Gasteiger charge is -2.26. The fraction of sp³-hybridized carbons (Fsp3) is 0.120. The van der Waals surface area contributed by atoms with E-state index in [2.05, 4.69) is 15.2 Å². The van der Waals surface area contributed by atoms with Crippen LogP contribution < -0.4 is 19.7 Å². The molecule has 0 spiro atoms. The van der Waals surface area contributed by atoms with Crippen molar-refractivity contribution in [3.05, 3.63) is 96.5 Å². The number of fused-ring (bicyclic) bond motifs is 1. The molecule has 158 valence electrons. The molecule has 1 N–H and O–H groups in total. The summed E-state index contributed by atoms with van der Waals surface area (Å²) >= 11 is 5.78. The number of aromatic nitrogens is 1. The summed E-state index contributed by atoms with van der Waals surface area (Å²) in [6.07, 6.45) is 1.79. The molecule has 0 bridgehead atoms. The largest absolute Gasteiger partial charge is 0.459 e. The molecule has 0 aliphatic carbocycles. The average molecular weight is 442 g/mol. The van der Waals surface area contributed by atoms with Gasteiger partial charge in [-0.3, -0.25) is 4.98 Å². The van der Waals surface area contributed by atoms with Gasteiger partial charge in [0, 0.05) is 23.5 Å². The van der Waals surface area contributed by atoms with E-state index in [1.165, 1.54) is 0 Å². The molecular formula is C25H19N3O3S. The summed E-state index contributed by atoms with van der Waals surface area (Å²) < 4.78 is 17.5. The topological polar surface area (TPSA) is 59.8 Å². The Morgan fingerprint density at radius 1 is 0.906 bits per heavy atom. The van der Waals surface area contributed by atoms with Crippen LogP contribution in [0.25, 0.3) is 11.3 Å². The third-order valence-electron chi connectivity index (χ3n) is 5.71. The van der Waals surface area contributed by atoms with E-state index in [1.807, 2.05) is 78.9 Å². The van der Waals surface area contributed by atoms with Gasteiger partial charge >= 0.3 is 0 Å². The number of thiocarbonyl (C=S) groups is 1. The highest BCUT2D eigenvalue weighted by Gasteiger charge is 2.43. The predicted octanol–water partition coefficient (Wildman–Crippen LogP) is 5.25. The quantitative estimate of drug-likeness (QED) is 0.434. The molecule has 0 radical (unpaired) electrons. The normalized spacial score (nSPS) is 19.2. The van der Waals surface area contributed by atoms with Gasteiger partial charge in [-0.05, 0) is 48.6 Å². The Morgan fingerprint density at radius 2 is 1.75 bits per heavy atom. The second-order valence-electron chi connectivity index (χ2n) is 7.60. The summed E-state index contributed by atoms with van der Waals surface area (Å²) in [6.45, 7) is 0.222. The number of benzene rings is 2. The van der Waals surface area contributed by atoms with Crippen molar-refractivity contribution in [3.8, 4) is 22.8 Å². The Kier molecular flexibility index (Phi) is 4.54. The molecule has 2 atom stereocenters. The van der Waals surface area contributed by atoms with Crippen LogP contribution in [0.4, 0.5) is 5.69 Å². The maximum absolute atomic E-state index is 6.37. The number of anilines is 1. The molecule has 4 aromatic rings. The van der Waals surface area contributed by atoms with Crippen LogP contribution in [0.15, 0.2) is 89.5 Å². The van der Waals surface area contributed by atoms with Gasteiger partial charge in [0.2, 0.25) is 6.79 Å². The van der Waals surface area contributed by atoms with E-state index < -0.39 is 0 Å². The van der Waals surface area contributed by atoms with Crippen molar-refractivity contribution in [2.24, 2.45) is 0 Å². The molecule has 2 aromatic heterocycles. The average Bonchev–Trinajstić information content (AvgIpc) is 3.58. The Bertz CT molecular complexity index is 1280. The molecule has 6 nitrogen and oxygen atoms in total. The Balaban J connectivity index is 1.45. The first-order valence-electron chi connectivity index (χ1n) is 10.3. The second-order valence-corrected chi connectivity index (χ2v) is 7.99. The van der Waals surface area contributed by atoms with Crippen LogP contribution in [0.5, 0.6) is 11.5 Å². The lowest BCUT2D eigenvalue weighted by molar-refractivity contribution is 0.174. The molecule has 2 aromatic carbocycles. The van der Waals surface area contributed by atoms with E-state index in [1.54, 1.807) is 6.20 Å². The molecule has 7 heteroatoms. The highest BCUT2D eigenvalue weighted by molar-refractivity contribution is 7.80. The number of nitrogens with zero attached hydrogens (tertiary/aromatic N) is 2. The minimum absolute atomic E-state index is 0.177. The minimum atomic E-state index is -0.227. The number of nitrogens with one attached hydrogen (secondary N) is 1. The van der Waals surface area contributed by atoms with Crippen LogP contribution in [-0.2, 0) is 0 Å². The third-order valence-corrected chi connectivity index (χ3v) is 6.02. The summed E-state index contributed by atoms with van der Waals surface area (Å²) in [4.78, 5) is 6.65. The maximum Gasteiger partial charge on any atom is 0.231 e. The van der Waals surface area contributed by atoms with E-state index in [9.17, 15) is 0 Å². The minimum Gasteiger partial charge on any atom is -0.459 e. The molecule has 4 heterocycles. The van der Waals surface area contributed by atoms with Crippen LogP contribution in [0.3, 0.4) is 0 Å². The summed E-state index contributed by atoms with van der Waals surface area (Å²) in [7, 11) is 0. The smallest absolute Gasteiger partial charge is 0.231 e.